The van der Waals surface area contributed by atoms with Crippen LogP contribution in [0.5, 0.6) is 0 Å². The molecule has 5 heteroatoms. The Morgan fingerprint density at radius 3 is 2.71 bits per heavy atom. The standard InChI is InChI=1S/C16H23N3O2/c1-16(2,3)21-15(20)17-10-7-11-19-12-13-8-5-6-9-14(13)18(19)4/h5-6,8-9,12H,7,10-11H2,1-4H3/p+1. The third kappa shape index (κ3) is 4.21. The third-order valence-corrected chi connectivity index (χ3v) is 3.19. The van der Waals surface area contributed by atoms with Crippen LogP contribution in [0.4, 0.5) is 4.79 Å². The Morgan fingerprint density at radius 2 is 2.05 bits per heavy atom. The van der Waals surface area contributed by atoms with Crippen LogP contribution in [0.3, 0.4) is 0 Å². The zero-order chi connectivity index (χ0) is 15.5. The van der Waals surface area contributed by atoms with E-state index in [-0.39, 0.29) is 6.09 Å². The Morgan fingerprint density at radius 1 is 1.33 bits per heavy atom. The average Bonchev–Trinajstić information content (AvgIpc) is 2.70. The lowest BCUT2D eigenvalue weighted by atomic mass is 10.2. The molecular formula is C16H24N3O2+. The summed E-state index contributed by atoms with van der Waals surface area (Å²) in [6.45, 7) is 7.03. The smallest absolute Gasteiger partial charge is 0.407 e. The Balaban J connectivity index is 1.83. The number of hydrogen-bond acceptors (Lipinski definition) is 2. The second-order valence-corrected chi connectivity index (χ2v) is 6.16. The number of ether oxygens (including phenoxy) is 1. The van der Waals surface area contributed by atoms with E-state index in [1.54, 1.807) is 0 Å². The number of carbonyl (C=O) groups excluding carboxylic acids is 1. The van der Waals surface area contributed by atoms with E-state index in [1.807, 2.05) is 40.0 Å². The highest BCUT2D eigenvalue weighted by Crippen LogP contribution is 2.09. The molecule has 1 aromatic heterocycles. The van der Waals surface area contributed by atoms with E-state index in [9.17, 15) is 4.79 Å². The fourth-order valence-corrected chi connectivity index (χ4v) is 2.24. The average molecular weight is 290 g/mol. The van der Waals surface area contributed by atoms with Gasteiger partial charge in [0.2, 0.25) is 5.52 Å². The van der Waals surface area contributed by atoms with Gasteiger partial charge >= 0.3 is 6.09 Å². The SMILES string of the molecule is C[n+]1c2ccccc2cn1CCCNC(=O)OC(C)(C)C. The van der Waals surface area contributed by atoms with Crippen molar-refractivity contribution >= 4 is 17.0 Å². The minimum Gasteiger partial charge on any atom is -0.444 e. The lowest BCUT2D eigenvalue weighted by Gasteiger charge is -2.19. The predicted octanol–water partition coefficient (Wildman–Crippen LogP) is 2.38. The maximum absolute atomic E-state index is 11.5. The van der Waals surface area contributed by atoms with E-state index in [0.29, 0.717) is 6.54 Å². The van der Waals surface area contributed by atoms with Gasteiger partial charge in [-0.05, 0) is 33.3 Å². The summed E-state index contributed by atoms with van der Waals surface area (Å²) in [6.07, 6.45) is 2.63. The Kier molecular flexibility index (Phi) is 4.50. The predicted molar refractivity (Wildman–Crippen MR) is 82.0 cm³/mol. The third-order valence-electron chi connectivity index (χ3n) is 3.19. The number of aromatic nitrogens is 2. The van der Waals surface area contributed by atoms with Crippen molar-refractivity contribution in [3.05, 3.63) is 30.5 Å². The topological polar surface area (TPSA) is 47.1 Å². The van der Waals surface area contributed by atoms with E-state index in [1.165, 1.54) is 10.9 Å². The summed E-state index contributed by atoms with van der Waals surface area (Å²) in [5, 5.41) is 4.00. The number of hydrogen-bond donors (Lipinski definition) is 1. The fraction of sp³-hybridized carbons (Fsp3) is 0.500. The molecule has 5 nitrogen and oxygen atoms in total. The van der Waals surface area contributed by atoms with Gasteiger partial charge in [-0.25, -0.2) is 4.79 Å². The summed E-state index contributed by atoms with van der Waals surface area (Å²) >= 11 is 0. The molecule has 2 rings (SSSR count). The van der Waals surface area contributed by atoms with Gasteiger partial charge in [0.25, 0.3) is 0 Å². The molecule has 0 aliphatic heterocycles. The maximum atomic E-state index is 11.5. The molecule has 0 fully saturated rings. The van der Waals surface area contributed by atoms with Gasteiger partial charge in [0.05, 0.1) is 18.1 Å². The highest BCUT2D eigenvalue weighted by Gasteiger charge is 2.16. The zero-order valence-electron chi connectivity index (χ0n) is 13.2. The van der Waals surface area contributed by atoms with Crippen LogP contribution in [0.25, 0.3) is 10.9 Å². The van der Waals surface area contributed by atoms with Gasteiger partial charge in [-0.15, -0.1) is 4.68 Å². The van der Waals surface area contributed by atoms with E-state index in [0.717, 1.165) is 13.0 Å². The van der Waals surface area contributed by atoms with Crippen LogP contribution >= 0.6 is 0 Å². The van der Waals surface area contributed by atoms with Crippen molar-refractivity contribution < 1.29 is 14.2 Å². The Hall–Kier alpha value is -2.04. The van der Waals surface area contributed by atoms with Crippen LogP contribution in [-0.2, 0) is 18.3 Å². The molecule has 1 N–H and O–H groups in total. The zero-order valence-corrected chi connectivity index (χ0v) is 13.2. The van der Waals surface area contributed by atoms with Crippen molar-refractivity contribution in [2.45, 2.75) is 39.3 Å². The molecular weight excluding hydrogens is 266 g/mol. The quantitative estimate of drug-likeness (QED) is 0.694. The molecule has 0 saturated heterocycles. The molecule has 0 unspecified atom stereocenters. The van der Waals surface area contributed by atoms with Crippen molar-refractivity contribution in [1.29, 1.82) is 0 Å². The number of alkyl carbamates (subject to hydrolysis) is 1. The number of nitrogens with one attached hydrogen (secondary N) is 1. The highest BCUT2D eigenvalue weighted by atomic mass is 16.6. The van der Waals surface area contributed by atoms with Gasteiger partial charge in [0, 0.05) is 12.6 Å². The fourth-order valence-electron chi connectivity index (χ4n) is 2.24. The molecule has 0 radical (unpaired) electrons. The van der Waals surface area contributed by atoms with E-state index >= 15 is 0 Å². The molecule has 0 atom stereocenters. The summed E-state index contributed by atoms with van der Waals surface area (Å²) < 4.78 is 9.48. The number of fused-ring (bicyclic) bond motifs is 1. The summed E-state index contributed by atoms with van der Waals surface area (Å²) in [5.74, 6) is 0. The first kappa shape index (κ1) is 15.4. The van der Waals surface area contributed by atoms with Crippen molar-refractivity contribution in [2.24, 2.45) is 7.05 Å². The molecule has 1 aromatic carbocycles. The lowest BCUT2D eigenvalue weighted by molar-refractivity contribution is -0.730. The summed E-state index contributed by atoms with van der Waals surface area (Å²) in [7, 11) is 2.05. The molecule has 2 aromatic rings. The maximum Gasteiger partial charge on any atom is 0.407 e. The minimum atomic E-state index is -0.450. The van der Waals surface area contributed by atoms with Crippen LogP contribution < -0.4 is 10.00 Å². The van der Waals surface area contributed by atoms with E-state index in [4.69, 9.17) is 4.74 Å². The first-order chi connectivity index (χ1) is 9.87. The van der Waals surface area contributed by atoms with E-state index < -0.39 is 5.60 Å². The van der Waals surface area contributed by atoms with Crippen LogP contribution in [0, 0.1) is 0 Å². The van der Waals surface area contributed by atoms with Gasteiger partial charge in [-0.1, -0.05) is 12.1 Å². The number of aryl methyl sites for hydroxylation is 2. The second kappa shape index (κ2) is 6.16. The van der Waals surface area contributed by atoms with Crippen LogP contribution in [-0.4, -0.2) is 22.9 Å². The molecule has 0 saturated carbocycles. The monoisotopic (exact) mass is 290 g/mol. The van der Waals surface area contributed by atoms with Crippen molar-refractivity contribution in [3.8, 4) is 0 Å². The number of benzene rings is 1. The molecule has 0 aliphatic rings. The van der Waals surface area contributed by atoms with Gasteiger partial charge in [0.1, 0.15) is 5.60 Å². The molecule has 0 aliphatic carbocycles. The number of para-hydroxylation sites is 1. The molecule has 21 heavy (non-hydrogen) atoms. The first-order valence-corrected chi connectivity index (χ1v) is 7.28. The summed E-state index contributed by atoms with van der Waals surface area (Å²) in [5.41, 5.74) is 0.756. The van der Waals surface area contributed by atoms with Crippen molar-refractivity contribution in [3.63, 3.8) is 0 Å². The van der Waals surface area contributed by atoms with Crippen LogP contribution in [0.1, 0.15) is 27.2 Å². The number of rotatable bonds is 4. The molecule has 0 spiro atoms. The number of nitrogens with zero attached hydrogens (tertiary/aromatic N) is 2. The number of amides is 1. The van der Waals surface area contributed by atoms with Crippen molar-refractivity contribution in [2.75, 3.05) is 6.54 Å². The van der Waals surface area contributed by atoms with Crippen molar-refractivity contribution in [1.82, 2.24) is 10.00 Å². The second-order valence-electron chi connectivity index (χ2n) is 6.16. The van der Waals surface area contributed by atoms with Crippen LogP contribution in [0.2, 0.25) is 0 Å². The van der Waals surface area contributed by atoms with Gasteiger partial charge in [0.15, 0.2) is 7.05 Å². The summed E-state index contributed by atoms with van der Waals surface area (Å²) in [6, 6.07) is 8.28. The Bertz CT molecular complexity index is 626. The molecule has 114 valence electrons. The van der Waals surface area contributed by atoms with Crippen LogP contribution in [0.15, 0.2) is 30.5 Å². The lowest BCUT2D eigenvalue weighted by Crippen LogP contribution is -2.39. The molecule has 1 amide bonds. The van der Waals surface area contributed by atoms with Gasteiger partial charge in [-0.3, -0.25) is 0 Å². The van der Waals surface area contributed by atoms with Gasteiger partial charge < -0.3 is 10.1 Å². The first-order valence-electron chi connectivity index (χ1n) is 7.28. The molecule has 1 heterocycles. The normalized spacial score (nSPS) is 11.6. The van der Waals surface area contributed by atoms with E-state index in [2.05, 4.69) is 33.0 Å². The highest BCUT2D eigenvalue weighted by molar-refractivity contribution is 5.74. The summed E-state index contributed by atoms with van der Waals surface area (Å²) in [4.78, 5) is 11.5. The molecule has 0 bridgehead atoms. The largest absolute Gasteiger partial charge is 0.444 e. The van der Waals surface area contributed by atoms with Gasteiger partial charge in [-0.2, -0.15) is 4.68 Å². The number of carbonyl (C=O) groups is 1. The minimum absolute atomic E-state index is 0.357. The Labute approximate surface area is 125 Å².